The molecule has 2 rings (SSSR count). The molecule has 152 valence electrons. The number of nitrogens with one attached hydrogen (secondary N) is 2. The summed E-state index contributed by atoms with van der Waals surface area (Å²) in [5.74, 6) is 1.73. The van der Waals surface area contributed by atoms with Gasteiger partial charge in [-0.05, 0) is 29.5 Å². The smallest absolute Gasteiger partial charge is 0.191 e. The van der Waals surface area contributed by atoms with E-state index in [1.54, 1.807) is 7.11 Å². The molecule has 0 aliphatic carbocycles. The number of nitrogens with zero attached hydrogens (tertiary/aromatic N) is 2. The molecule has 0 saturated carbocycles. The van der Waals surface area contributed by atoms with Crippen LogP contribution in [-0.4, -0.2) is 64.4 Å². The molecule has 1 aromatic rings. The summed E-state index contributed by atoms with van der Waals surface area (Å²) in [7, 11) is 3.52. The van der Waals surface area contributed by atoms with Crippen molar-refractivity contribution in [2.75, 3.05) is 53.6 Å². The van der Waals surface area contributed by atoms with Crippen molar-refractivity contribution in [3.63, 3.8) is 0 Å². The van der Waals surface area contributed by atoms with Crippen molar-refractivity contribution in [2.45, 2.75) is 33.2 Å². The third-order valence-corrected chi connectivity index (χ3v) is 4.84. The lowest BCUT2D eigenvalue weighted by Gasteiger charge is -2.35. The van der Waals surface area contributed by atoms with Crippen LogP contribution >= 0.6 is 0 Å². The molecule has 6 nitrogen and oxygen atoms in total. The molecule has 0 bridgehead atoms. The highest BCUT2D eigenvalue weighted by Crippen LogP contribution is 2.23. The fourth-order valence-electron chi connectivity index (χ4n) is 3.14. The minimum atomic E-state index is 0.265. The molecule has 1 fully saturated rings. The van der Waals surface area contributed by atoms with E-state index in [9.17, 15) is 0 Å². The molecule has 27 heavy (non-hydrogen) atoms. The Kier molecular flexibility index (Phi) is 8.38. The lowest BCUT2D eigenvalue weighted by molar-refractivity contribution is 0.0170. The standard InChI is InChI=1S/C21H36N4O2/c1-21(2,3)10-11-23-20(22-4)24-16-19(25-12-14-27-15-13-25)17-6-8-18(26-5)9-7-17/h6-9,19H,10-16H2,1-5H3,(H2,22,23,24). The third-order valence-electron chi connectivity index (χ3n) is 4.84. The van der Waals surface area contributed by atoms with Crippen LogP contribution in [0.3, 0.4) is 0 Å². The van der Waals surface area contributed by atoms with E-state index in [1.165, 1.54) is 5.56 Å². The van der Waals surface area contributed by atoms with Gasteiger partial charge < -0.3 is 20.1 Å². The predicted molar refractivity (Wildman–Crippen MR) is 112 cm³/mol. The van der Waals surface area contributed by atoms with Gasteiger partial charge in [0, 0.05) is 33.2 Å². The van der Waals surface area contributed by atoms with E-state index >= 15 is 0 Å². The van der Waals surface area contributed by atoms with E-state index in [0.29, 0.717) is 5.41 Å². The molecule has 1 atom stereocenters. The second kappa shape index (κ2) is 10.5. The van der Waals surface area contributed by atoms with Gasteiger partial charge in [-0.1, -0.05) is 32.9 Å². The number of hydrogen-bond donors (Lipinski definition) is 2. The van der Waals surface area contributed by atoms with Crippen molar-refractivity contribution in [3.05, 3.63) is 29.8 Å². The molecule has 0 aromatic heterocycles. The second-order valence-corrected chi connectivity index (χ2v) is 8.13. The quantitative estimate of drug-likeness (QED) is 0.566. The summed E-state index contributed by atoms with van der Waals surface area (Å²) < 4.78 is 10.8. The maximum Gasteiger partial charge on any atom is 0.191 e. The molecule has 0 spiro atoms. The first kappa shape index (κ1) is 21.5. The van der Waals surface area contributed by atoms with Gasteiger partial charge in [-0.2, -0.15) is 0 Å². The molecule has 2 N–H and O–H groups in total. The highest BCUT2D eigenvalue weighted by molar-refractivity contribution is 5.79. The van der Waals surface area contributed by atoms with Crippen molar-refractivity contribution in [2.24, 2.45) is 10.4 Å². The summed E-state index contributed by atoms with van der Waals surface area (Å²) in [6.07, 6.45) is 1.10. The maximum absolute atomic E-state index is 5.54. The molecule has 1 heterocycles. The first-order valence-corrected chi connectivity index (χ1v) is 9.83. The van der Waals surface area contributed by atoms with Crippen LogP contribution in [0.15, 0.2) is 29.3 Å². The van der Waals surface area contributed by atoms with E-state index in [-0.39, 0.29) is 6.04 Å². The minimum Gasteiger partial charge on any atom is -0.497 e. The number of rotatable bonds is 7. The average molecular weight is 377 g/mol. The topological polar surface area (TPSA) is 58.1 Å². The van der Waals surface area contributed by atoms with Crippen LogP contribution in [0.2, 0.25) is 0 Å². The number of aliphatic imine (C=N–C) groups is 1. The number of guanidine groups is 1. The fourth-order valence-corrected chi connectivity index (χ4v) is 3.14. The highest BCUT2D eigenvalue weighted by Gasteiger charge is 2.23. The third kappa shape index (κ3) is 7.39. The van der Waals surface area contributed by atoms with Gasteiger partial charge in [0.05, 0.1) is 26.4 Å². The van der Waals surface area contributed by atoms with Crippen molar-refractivity contribution in [3.8, 4) is 5.75 Å². The Morgan fingerprint density at radius 3 is 2.41 bits per heavy atom. The van der Waals surface area contributed by atoms with Gasteiger partial charge >= 0.3 is 0 Å². The second-order valence-electron chi connectivity index (χ2n) is 8.13. The van der Waals surface area contributed by atoms with Gasteiger partial charge in [0.2, 0.25) is 0 Å². The summed E-state index contributed by atoms with van der Waals surface area (Å²) in [4.78, 5) is 6.85. The molecule has 1 aliphatic heterocycles. The van der Waals surface area contributed by atoms with Gasteiger partial charge in [-0.15, -0.1) is 0 Å². The summed E-state index contributed by atoms with van der Waals surface area (Å²) in [6, 6.07) is 8.62. The van der Waals surface area contributed by atoms with E-state index in [0.717, 1.165) is 57.5 Å². The Hall–Kier alpha value is -1.79. The molecule has 1 unspecified atom stereocenters. The van der Waals surface area contributed by atoms with Crippen molar-refractivity contribution in [1.29, 1.82) is 0 Å². The van der Waals surface area contributed by atoms with Gasteiger partial charge in [0.25, 0.3) is 0 Å². The van der Waals surface area contributed by atoms with Crippen molar-refractivity contribution < 1.29 is 9.47 Å². The number of morpholine rings is 1. The lowest BCUT2D eigenvalue weighted by atomic mass is 9.92. The van der Waals surface area contributed by atoms with Crippen LogP contribution < -0.4 is 15.4 Å². The number of methoxy groups -OCH3 is 1. The Labute approximate surface area is 164 Å². The molecule has 1 saturated heterocycles. The van der Waals surface area contributed by atoms with Gasteiger partial charge in [0.15, 0.2) is 5.96 Å². The van der Waals surface area contributed by atoms with Crippen LogP contribution in [0.4, 0.5) is 0 Å². The first-order chi connectivity index (χ1) is 12.9. The molecule has 0 radical (unpaired) electrons. The average Bonchev–Trinajstić information content (AvgIpc) is 2.67. The summed E-state index contributed by atoms with van der Waals surface area (Å²) in [6.45, 7) is 11.9. The maximum atomic E-state index is 5.54. The Morgan fingerprint density at radius 2 is 1.85 bits per heavy atom. The molecule has 6 heteroatoms. The van der Waals surface area contributed by atoms with Crippen molar-refractivity contribution in [1.82, 2.24) is 15.5 Å². The zero-order valence-corrected chi connectivity index (χ0v) is 17.5. The molecule has 1 aliphatic rings. The fraction of sp³-hybridized carbons (Fsp3) is 0.667. The number of benzene rings is 1. The summed E-state index contributed by atoms with van der Waals surface area (Å²) in [5.41, 5.74) is 1.58. The zero-order chi connectivity index (χ0) is 19.7. The van der Waals surface area contributed by atoms with Crippen molar-refractivity contribution >= 4 is 5.96 Å². The number of ether oxygens (including phenoxy) is 2. The van der Waals surface area contributed by atoms with Gasteiger partial charge in [-0.25, -0.2) is 0 Å². The van der Waals surface area contributed by atoms with Crippen LogP contribution in [0.5, 0.6) is 5.75 Å². The zero-order valence-electron chi connectivity index (χ0n) is 17.5. The van der Waals surface area contributed by atoms with E-state index in [1.807, 2.05) is 19.2 Å². The first-order valence-electron chi connectivity index (χ1n) is 9.83. The lowest BCUT2D eigenvalue weighted by Crippen LogP contribution is -2.46. The minimum absolute atomic E-state index is 0.265. The predicted octanol–water partition coefficient (Wildman–Crippen LogP) is 2.67. The highest BCUT2D eigenvalue weighted by atomic mass is 16.5. The summed E-state index contributed by atoms with van der Waals surface area (Å²) >= 11 is 0. The SMILES string of the molecule is CN=C(NCCC(C)(C)C)NCC(c1ccc(OC)cc1)N1CCOCC1. The van der Waals surface area contributed by atoms with Gasteiger partial charge in [-0.3, -0.25) is 9.89 Å². The van der Waals surface area contributed by atoms with Crippen LogP contribution in [0.25, 0.3) is 0 Å². The normalized spacial score (nSPS) is 17.4. The molecular weight excluding hydrogens is 340 g/mol. The Balaban J connectivity index is 2.00. The molecular formula is C21H36N4O2. The van der Waals surface area contributed by atoms with E-state index in [4.69, 9.17) is 9.47 Å². The van der Waals surface area contributed by atoms with E-state index < -0.39 is 0 Å². The van der Waals surface area contributed by atoms with Crippen LogP contribution in [0, 0.1) is 5.41 Å². The van der Waals surface area contributed by atoms with E-state index in [2.05, 4.69) is 53.4 Å². The Bertz CT molecular complexity index is 575. The van der Waals surface area contributed by atoms with Crippen LogP contribution in [-0.2, 0) is 4.74 Å². The Morgan fingerprint density at radius 1 is 1.19 bits per heavy atom. The number of hydrogen-bond acceptors (Lipinski definition) is 4. The van der Waals surface area contributed by atoms with Gasteiger partial charge in [0.1, 0.15) is 5.75 Å². The molecule has 0 amide bonds. The largest absolute Gasteiger partial charge is 0.497 e. The summed E-state index contributed by atoms with van der Waals surface area (Å²) in [5, 5.41) is 6.93. The van der Waals surface area contributed by atoms with Crippen LogP contribution in [0.1, 0.15) is 38.8 Å². The monoisotopic (exact) mass is 376 g/mol. The molecule has 1 aromatic carbocycles.